The van der Waals surface area contributed by atoms with Crippen LogP contribution in [0.5, 0.6) is 0 Å². The van der Waals surface area contributed by atoms with Crippen LogP contribution in [0.25, 0.3) is 52.4 Å². The van der Waals surface area contributed by atoms with E-state index in [0.717, 1.165) is 58.3 Å². The van der Waals surface area contributed by atoms with E-state index in [0.29, 0.717) is 42.7 Å². The Hall–Kier alpha value is -6.22. The third kappa shape index (κ3) is 9.25. The summed E-state index contributed by atoms with van der Waals surface area (Å²) in [6.07, 6.45) is 11.8. The number of aromatic nitrogens is 4. The molecule has 1 fully saturated rings. The summed E-state index contributed by atoms with van der Waals surface area (Å²) in [6.45, 7) is 2.39. The molecule has 2 aromatic carbocycles. The Morgan fingerprint density at radius 3 is 2.20 bits per heavy atom. The number of alkyl halides is 2. The molecule has 5 N–H and O–H groups in total. The summed E-state index contributed by atoms with van der Waals surface area (Å²) >= 11 is 0. The van der Waals surface area contributed by atoms with Gasteiger partial charge in [0.05, 0.1) is 33.9 Å². The number of nitrogens with one attached hydrogen (secondary N) is 2. The van der Waals surface area contributed by atoms with Crippen molar-refractivity contribution in [2.45, 2.75) is 49.0 Å². The summed E-state index contributed by atoms with van der Waals surface area (Å²) in [5.74, 6) is -2.87. The van der Waals surface area contributed by atoms with Gasteiger partial charge in [-0.1, -0.05) is 30.4 Å². The molecule has 4 aliphatic rings. The predicted molar refractivity (Wildman–Crippen MR) is 229 cm³/mol. The first kappa shape index (κ1) is 39.6. The van der Waals surface area contributed by atoms with Crippen LogP contribution >= 0.6 is 0 Å². The lowest BCUT2D eigenvalue weighted by molar-refractivity contribution is -0.0570. The number of nitrogens with two attached hydrogens (primary N) is 1. The first-order valence-electron chi connectivity index (χ1n) is 19.3. The summed E-state index contributed by atoms with van der Waals surface area (Å²) in [6, 6.07) is 28.8. The van der Waals surface area contributed by atoms with Gasteiger partial charge in [0.25, 0.3) is 5.91 Å². The molecule has 0 atom stereocenters. The molecule has 0 unspecified atom stereocenters. The predicted octanol–water partition coefficient (Wildman–Crippen LogP) is 8.56. The van der Waals surface area contributed by atoms with E-state index >= 15 is 0 Å². The van der Waals surface area contributed by atoms with Crippen molar-refractivity contribution >= 4 is 79.8 Å². The first-order valence-corrected chi connectivity index (χ1v) is 20.9. The van der Waals surface area contributed by atoms with E-state index in [9.17, 15) is 27.1 Å². The van der Waals surface area contributed by atoms with E-state index in [1.165, 1.54) is 0 Å². The number of carbonyl (C=O) groups excluding carboxylic acids is 1. The van der Waals surface area contributed by atoms with Crippen LogP contribution in [0.3, 0.4) is 0 Å². The van der Waals surface area contributed by atoms with Crippen molar-refractivity contribution in [1.29, 1.82) is 0 Å². The molecule has 5 aromatic rings. The van der Waals surface area contributed by atoms with E-state index in [4.69, 9.17) is 5.14 Å². The third-order valence-corrected chi connectivity index (χ3v) is 11.7. The van der Waals surface area contributed by atoms with Gasteiger partial charge in [-0.25, -0.2) is 32.3 Å². The zero-order valence-electron chi connectivity index (χ0n) is 32.3. The van der Waals surface area contributed by atoms with Gasteiger partial charge in [-0.05, 0) is 129 Å². The minimum atomic E-state index is -4.00. The number of primary sulfonamides is 1. The molecule has 3 aromatic heterocycles. The average molecular weight is 816 g/mol. The van der Waals surface area contributed by atoms with Crippen molar-refractivity contribution in [3.8, 4) is 0 Å². The molecule has 0 aliphatic carbocycles. The molecule has 1 saturated heterocycles. The van der Waals surface area contributed by atoms with Crippen molar-refractivity contribution in [3.63, 3.8) is 0 Å². The van der Waals surface area contributed by atoms with E-state index < -0.39 is 21.5 Å². The molecule has 7 heterocycles. The molecule has 8 bridgehead atoms. The number of halogens is 2. The van der Waals surface area contributed by atoms with Gasteiger partial charge in [0.15, 0.2) is 0 Å². The minimum absolute atomic E-state index is 0.0458. The lowest BCUT2D eigenvalue weighted by Gasteiger charge is -2.38. The number of carbonyl (C=O) groups is 1. The van der Waals surface area contributed by atoms with Gasteiger partial charge in [0.1, 0.15) is 4.90 Å². The van der Waals surface area contributed by atoms with Crippen LogP contribution in [-0.2, 0) is 10.0 Å². The number of rotatable bonds is 6. The number of nitrogens with zero attached hydrogens (tertiary/aromatic N) is 4. The quantitative estimate of drug-likeness (QED) is 0.131. The zero-order valence-corrected chi connectivity index (χ0v) is 33.1. The van der Waals surface area contributed by atoms with Crippen LogP contribution in [0, 0.1) is 0 Å². The van der Waals surface area contributed by atoms with Crippen LogP contribution in [0.15, 0.2) is 102 Å². The molecule has 0 spiro atoms. The van der Waals surface area contributed by atoms with Crippen LogP contribution in [0.1, 0.15) is 71.3 Å². The number of aliphatic hydroxyl groups is 1. The molecule has 9 rings (SSSR count). The average Bonchev–Trinajstić information content (AvgIpc) is 4.04. The minimum Gasteiger partial charge on any atom is -0.390 e. The van der Waals surface area contributed by atoms with Gasteiger partial charge in [-0.3, -0.25) is 4.79 Å². The number of piperidine rings is 1. The van der Waals surface area contributed by atoms with Gasteiger partial charge in [0.2, 0.25) is 15.9 Å². The smallest absolute Gasteiger partial charge is 0.253 e. The van der Waals surface area contributed by atoms with Crippen molar-refractivity contribution in [1.82, 2.24) is 24.8 Å². The number of fused-ring (bicyclic) bond motifs is 9. The molecule has 14 heteroatoms. The van der Waals surface area contributed by atoms with Gasteiger partial charge >= 0.3 is 0 Å². The Labute approximate surface area is 340 Å². The second-order valence-corrected chi connectivity index (χ2v) is 16.8. The maximum Gasteiger partial charge on any atom is 0.253 e. The maximum absolute atomic E-state index is 13.1. The monoisotopic (exact) mass is 815 g/mol. The molecular weight excluding hydrogens is 773 g/mol. The van der Waals surface area contributed by atoms with Crippen LogP contribution in [-0.4, -0.2) is 75.4 Å². The summed E-state index contributed by atoms with van der Waals surface area (Å²) in [5, 5.41) is 16.1. The highest BCUT2D eigenvalue weighted by molar-refractivity contribution is 7.89. The van der Waals surface area contributed by atoms with Gasteiger partial charge in [0, 0.05) is 59.5 Å². The highest BCUT2D eigenvalue weighted by atomic mass is 32.2. The number of benzene rings is 2. The molecule has 4 aliphatic heterocycles. The fourth-order valence-corrected chi connectivity index (χ4v) is 8.41. The van der Waals surface area contributed by atoms with Crippen molar-refractivity contribution in [2.75, 3.05) is 24.5 Å². The number of para-hydroxylation sites is 1. The number of hydrogen-bond acceptors (Lipinski definition) is 7. The highest BCUT2D eigenvalue weighted by Crippen LogP contribution is 2.34. The van der Waals surface area contributed by atoms with Gasteiger partial charge in [-0.2, -0.15) is 0 Å². The SMILES string of the molecule is CC(F)(F)CCC1(O)CCN(C(=O)c2ccc(N3CC=Cc4ccccc43)cc2)CC1.NS(=O)(=O)c1c2nc(cc3nc(cc4ccc(cc5ccc1[nH]5)[nH]4)C=C3)C=C2. The standard InChI is InChI=1S/C25H28F2N2O2.C20H15N5O2S/c1-24(26,27)12-13-25(31)14-17-28(18-15-25)23(30)20-8-10-21(11-9-20)29-16-4-6-19-5-2-3-7-22(19)29;21-28(26,27)20-18-7-5-16(24-18)10-14-3-1-12(22-14)9-13-2-4-15(23-13)11-17-6-8-19(20)25-17/h2-11,31H,12-18H2,1H3;1-11,22,24H,(H2,21,26,27). The van der Waals surface area contributed by atoms with Crippen molar-refractivity contribution in [2.24, 2.45) is 5.14 Å². The van der Waals surface area contributed by atoms with Crippen LogP contribution in [0.2, 0.25) is 0 Å². The number of hydrogen-bond donors (Lipinski definition) is 4. The van der Waals surface area contributed by atoms with Crippen molar-refractivity contribution in [3.05, 3.63) is 131 Å². The number of likely N-dealkylation sites (tertiary alicyclic amines) is 1. The second kappa shape index (κ2) is 15.9. The Bertz CT molecular complexity index is 2780. The largest absolute Gasteiger partial charge is 0.390 e. The fraction of sp³-hybridized carbons (Fsp3) is 0.222. The Morgan fingerprint density at radius 1 is 0.831 bits per heavy atom. The lowest BCUT2D eigenvalue weighted by Crippen LogP contribution is -2.47. The molecule has 302 valence electrons. The molecular formula is C45H43F2N7O4S. The summed E-state index contributed by atoms with van der Waals surface area (Å²) in [4.78, 5) is 32.1. The molecule has 1 amide bonds. The molecule has 0 saturated carbocycles. The van der Waals surface area contributed by atoms with Gasteiger partial charge in [-0.15, -0.1) is 0 Å². The number of sulfonamides is 1. The van der Waals surface area contributed by atoms with Gasteiger partial charge < -0.3 is 24.9 Å². The normalized spacial score (nSPS) is 15.7. The topological polar surface area (TPSA) is 161 Å². The molecule has 59 heavy (non-hydrogen) atoms. The third-order valence-electron chi connectivity index (χ3n) is 10.7. The Kier molecular flexibility index (Phi) is 10.6. The van der Waals surface area contributed by atoms with Crippen LogP contribution < -0.4 is 10.0 Å². The summed E-state index contributed by atoms with van der Waals surface area (Å²) in [7, 11) is -4.00. The number of anilines is 2. The van der Waals surface area contributed by atoms with E-state index in [1.807, 2.05) is 72.8 Å². The summed E-state index contributed by atoms with van der Waals surface area (Å²) < 4.78 is 50.8. The van der Waals surface area contributed by atoms with E-state index in [1.54, 1.807) is 35.3 Å². The van der Waals surface area contributed by atoms with Crippen LogP contribution in [0.4, 0.5) is 20.2 Å². The highest BCUT2D eigenvalue weighted by Gasteiger charge is 2.36. The van der Waals surface area contributed by atoms with E-state index in [-0.39, 0.29) is 29.3 Å². The Balaban J connectivity index is 0.000000165. The molecule has 0 radical (unpaired) electrons. The Morgan fingerprint density at radius 2 is 1.47 bits per heavy atom. The second-order valence-electron chi connectivity index (χ2n) is 15.3. The summed E-state index contributed by atoms with van der Waals surface area (Å²) in [5.41, 5.74) is 8.15. The first-order chi connectivity index (χ1) is 28.2. The fourth-order valence-electron chi connectivity index (χ4n) is 7.58. The van der Waals surface area contributed by atoms with Crippen molar-refractivity contribution < 1.29 is 27.1 Å². The number of aromatic amines is 2. The zero-order chi connectivity index (χ0) is 41.4. The lowest BCUT2D eigenvalue weighted by atomic mass is 9.86. The maximum atomic E-state index is 13.1. The molecule has 11 nitrogen and oxygen atoms in total. The van der Waals surface area contributed by atoms with E-state index in [2.05, 4.69) is 49.1 Å². The number of amides is 1. The number of H-pyrrole nitrogens is 2.